The average Bonchev–Trinajstić information content (AvgIpc) is 3.02. The summed E-state index contributed by atoms with van der Waals surface area (Å²) in [6.45, 7) is 7.93. The molecule has 1 heterocycles. The van der Waals surface area contributed by atoms with Crippen molar-refractivity contribution in [3.8, 4) is 0 Å². The summed E-state index contributed by atoms with van der Waals surface area (Å²) in [5, 5.41) is 11.5. The number of nitrogens with one attached hydrogen (secondary N) is 1. The first kappa shape index (κ1) is 14.2. The summed E-state index contributed by atoms with van der Waals surface area (Å²) in [6, 6.07) is 0.372. The van der Waals surface area contributed by atoms with Gasteiger partial charge < -0.3 is 11.2 Å². The summed E-state index contributed by atoms with van der Waals surface area (Å²) >= 11 is 1.34. The van der Waals surface area contributed by atoms with Crippen molar-refractivity contribution in [2.75, 3.05) is 5.84 Å². The summed E-state index contributed by atoms with van der Waals surface area (Å²) in [6.07, 6.45) is 2.18. The van der Waals surface area contributed by atoms with Crippen LogP contribution in [0.5, 0.6) is 0 Å². The van der Waals surface area contributed by atoms with Gasteiger partial charge in [-0.05, 0) is 19.8 Å². The summed E-state index contributed by atoms with van der Waals surface area (Å²) in [7, 11) is 0. The normalized spacial score (nSPS) is 17.3. The SMILES string of the molecule is C[C@H](Sc1nnc(C(C)(C)C)n1N)C(=O)NC1CC1. The minimum Gasteiger partial charge on any atom is -0.352 e. The number of hydrogen-bond donors (Lipinski definition) is 2. The number of carbonyl (C=O) groups is 1. The summed E-state index contributed by atoms with van der Waals surface area (Å²) in [5.41, 5.74) is -0.167. The number of nitrogen functional groups attached to an aromatic ring is 1. The lowest BCUT2D eigenvalue weighted by molar-refractivity contribution is -0.120. The molecule has 19 heavy (non-hydrogen) atoms. The van der Waals surface area contributed by atoms with Crippen LogP contribution in [0.4, 0.5) is 0 Å². The molecule has 1 atom stereocenters. The van der Waals surface area contributed by atoms with E-state index in [0.717, 1.165) is 12.8 Å². The van der Waals surface area contributed by atoms with Gasteiger partial charge in [0.2, 0.25) is 11.1 Å². The molecule has 0 radical (unpaired) electrons. The molecule has 1 aliphatic carbocycles. The first-order valence-corrected chi connectivity index (χ1v) is 7.35. The van der Waals surface area contributed by atoms with Crippen LogP contribution in [-0.4, -0.2) is 32.1 Å². The quantitative estimate of drug-likeness (QED) is 0.637. The molecule has 1 aliphatic rings. The summed E-state index contributed by atoms with van der Waals surface area (Å²) in [4.78, 5) is 11.9. The molecule has 2 rings (SSSR count). The van der Waals surface area contributed by atoms with Gasteiger partial charge in [-0.2, -0.15) is 0 Å². The fourth-order valence-corrected chi connectivity index (χ4v) is 2.41. The van der Waals surface area contributed by atoms with Gasteiger partial charge in [0.25, 0.3) is 0 Å². The second-order valence-corrected chi connectivity index (χ2v) is 7.28. The summed E-state index contributed by atoms with van der Waals surface area (Å²) in [5.74, 6) is 6.74. The van der Waals surface area contributed by atoms with Crippen molar-refractivity contribution >= 4 is 17.7 Å². The number of nitrogens with two attached hydrogens (primary N) is 1. The van der Waals surface area contributed by atoms with Crippen LogP contribution in [0.2, 0.25) is 0 Å². The molecule has 0 spiro atoms. The number of nitrogens with zero attached hydrogens (tertiary/aromatic N) is 3. The standard InChI is InChI=1S/C12H21N5OS/c1-7(9(18)14-8-5-6-8)19-11-16-15-10(17(11)13)12(2,3)4/h7-8H,5-6,13H2,1-4H3,(H,14,18)/t7-/m0/s1. The summed E-state index contributed by atoms with van der Waals surface area (Å²) < 4.78 is 1.48. The Kier molecular flexibility index (Phi) is 3.75. The molecule has 1 aromatic rings. The molecule has 0 bridgehead atoms. The van der Waals surface area contributed by atoms with E-state index in [1.807, 2.05) is 27.7 Å². The smallest absolute Gasteiger partial charge is 0.233 e. The third-order valence-corrected chi connectivity index (χ3v) is 3.97. The van der Waals surface area contributed by atoms with Crippen LogP contribution in [0.3, 0.4) is 0 Å². The molecular formula is C12H21N5OS. The Morgan fingerprint density at radius 2 is 2.11 bits per heavy atom. The Morgan fingerprint density at radius 1 is 1.47 bits per heavy atom. The number of thioether (sulfide) groups is 1. The second kappa shape index (κ2) is 5.03. The maximum absolute atomic E-state index is 11.9. The van der Waals surface area contributed by atoms with Crippen LogP contribution in [-0.2, 0) is 10.2 Å². The zero-order valence-corrected chi connectivity index (χ0v) is 12.6. The van der Waals surface area contributed by atoms with E-state index in [1.54, 1.807) is 0 Å². The van der Waals surface area contributed by atoms with Crippen molar-refractivity contribution in [1.82, 2.24) is 20.2 Å². The molecule has 3 N–H and O–H groups in total. The minimum absolute atomic E-state index is 0.0350. The predicted octanol–water partition coefficient (Wildman–Crippen LogP) is 1.05. The van der Waals surface area contributed by atoms with E-state index in [-0.39, 0.29) is 16.6 Å². The highest BCUT2D eigenvalue weighted by Crippen LogP contribution is 2.26. The molecule has 1 saturated carbocycles. The molecular weight excluding hydrogens is 262 g/mol. The fourth-order valence-electron chi connectivity index (χ4n) is 1.63. The van der Waals surface area contributed by atoms with Crippen molar-refractivity contribution in [1.29, 1.82) is 0 Å². The van der Waals surface area contributed by atoms with Crippen molar-refractivity contribution in [3.05, 3.63) is 5.82 Å². The lowest BCUT2D eigenvalue weighted by atomic mass is 9.96. The largest absolute Gasteiger partial charge is 0.352 e. The Balaban J connectivity index is 2.02. The molecule has 1 amide bonds. The van der Waals surface area contributed by atoms with Gasteiger partial charge in [0, 0.05) is 11.5 Å². The van der Waals surface area contributed by atoms with Gasteiger partial charge in [-0.15, -0.1) is 10.2 Å². The van der Waals surface area contributed by atoms with Crippen LogP contribution >= 0.6 is 11.8 Å². The van der Waals surface area contributed by atoms with Crippen molar-refractivity contribution < 1.29 is 4.79 Å². The van der Waals surface area contributed by atoms with Crippen molar-refractivity contribution in [2.45, 2.75) is 62.4 Å². The monoisotopic (exact) mass is 283 g/mol. The van der Waals surface area contributed by atoms with Gasteiger partial charge in [0.1, 0.15) is 0 Å². The van der Waals surface area contributed by atoms with Crippen LogP contribution in [0, 0.1) is 0 Å². The first-order valence-electron chi connectivity index (χ1n) is 6.47. The third kappa shape index (κ3) is 3.40. The Bertz CT molecular complexity index is 475. The first-order chi connectivity index (χ1) is 8.79. The van der Waals surface area contributed by atoms with Gasteiger partial charge in [0.15, 0.2) is 5.82 Å². The molecule has 6 nitrogen and oxygen atoms in total. The van der Waals surface area contributed by atoms with Gasteiger partial charge in [-0.1, -0.05) is 32.5 Å². The molecule has 1 aromatic heterocycles. The molecule has 0 aromatic carbocycles. The molecule has 0 aliphatic heterocycles. The molecule has 0 unspecified atom stereocenters. The molecule has 1 fully saturated rings. The fraction of sp³-hybridized carbons (Fsp3) is 0.750. The Morgan fingerprint density at radius 3 is 2.58 bits per heavy atom. The maximum atomic E-state index is 11.9. The van der Waals surface area contributed by atoms with Crippen LogP contribution in [0.25, 0.3) is 0 Å². The highest BCUT2D eigenvalue weighted by Gasteiger charge is 2.28. The number of rotatable bonds is 4. The number of carbonyl (C=O) groups excluding carboxylic acids is 1. The lowest BCUT2D eigenvalue weighted by Crippen LogP contribution is -2.33. The highest BCUT2D eigenvalue weighted by atomic mass is 32.2. The van der Waals surface area contributed by atoms with E-state index in [9.17, 15) is 4.79 Å². The van der Waals surface area contributed by atoms with Crippen LogP contribution in [0.1, 0.15) is 46.4 Å². The molecule has 0 saturated heterocycles. The van der Waals surface area contributed by atoms with Crippen LogP contribution in [0.15, 0.2) is 5.16 Å². The van der Waals surface area contributed by atoms with Gasteiger partial charge in [-0.3, -0.25) is 4.79 Å². The molecule has 106 valence electrons. The van der Waals surface area contributed by atoms with Gasteiger partial charge in [-0.25, -0.2) is 4.68 Å². The van der Waals surface area contributed by atoms with E-state index in [2.05, 4.69) is 15.5 Å². The van der Waals surface area contributed by atoms with E-state index < -0.39 is 0 Å². The number of hydrogen-bond acceptors (Lipinski definition) is 5. The zero-order valence-electron chi connectivity index (χ0n) is 11.8. The highest BCUT2D eigenvalue weighted by molar-refractivity contribution is 8.00. The number of aromatic nitrogens is 3. The van der Waals surface area contributed by atoms with Gasteiger partial charge >= 0.3 is 0 Å². The van der Waals surface area contributed by atoms with Crippen molar-refractivity contribution in [2.24, 2.45) is 0 Å². The van der Waals surface area contributed by atoms with E-state index in [4.69, 9.17) is 5.84 Å². The Hall–Kier alpha value is -1.24. The average molecular weight is 283 g/mol. The van der Waals surface area contributed by atoms with Crippen molar-refractivity contribution in [3.63, 3.8) is 0 Å². The Labute approximate surface area is 117 Å². The van der Waals surface area contributed by atoms with E-state index >= 15 is 0 Å². The third-order valence-electron chi connectivity index (χ3n) is 2.91. The lowest BCUT2D eigenvalue weighted by Gasteiger charge is -2.17. The van der Waals surface area contributed by atoms with Gasteiger partial charge in [0.05, 0.1) is 5.25 Å². The van der Waals surface area contributed by atoms with E-state index in [0.29, 0.717) is 17.0 Å². The van der Waals surface area contributed by atoms with E-state index in [1.165, 1.54) is 16.4 Å². The predicted molar refractivity (Wildman–Crippen MR) is 75.4 cm³/mol. The maximum Gasteiger partial charge on any atom is 0.233 e. The number of amides is 1. The topological polar surface area (TPSA) is 85.8 Å². The second-order valence-electron chi connectivity index (χ2n) is 5.97. The minimum atomic E-state index is -0.222. The zero-order chi connectivity index (χ0) is 14.2. The van der Waals surface area contributed by atoms with Crippen LogP contribution < -0.4 is 11.2 Å². The molecule has 7 heteroatoms.